The van der Waals surface area contributed by atoms with Crippen LogP contribution < -0.4 is 0 Å². The van der Waals surface area contributed by atoms with Gasteiger partial charge < -0.3 is 9.59 Å². The fourth-order valence-electron chi connectivity index (χ4n) is 1.51. The van der Waals surface area contributed by atoms with Gasteiger partial charge in [-0.25, -0.2) is 0 Å². The van der Waals surface area contributed by atoms with Gasteiger partial charge in [0, 0.05) is 11.8 Å². The molecular formula is C8H12O2. The molecule has 0 saturated heterocycles. The Bertz CT molecular complexity index is 117. The molecule has 0 aromatic heterocycles. The SMILES string of the molecule is O=C[C@H]1CCC[C@H](C=O)C1. The van der Waals surface area contributed by atoms with Gasteiger partial charge in [0.2, 0.25) is 0 Å². The van der Waals surface area contributed by atoms with Crippen molar-refractivity contribution in [3.05, 3.63) is 0 Å². The molecule has 2 nitrogen and oxygen atoms in total. The lowest BCUT2D eigenvalue weighted by Crippen LogP contribution is -2.17. The number of carbonyl (C=O) groups is 2. The van der Waals surface area contributed by atoms with Crippen LogP contribution in [0.25, 0.3) is 0 Å². The van der Waals surface area contributed by atoms with E-state index in [4.69, 9.17) is 0 Å². The Morgan fingerprint density at radius 1 is 1.00 bits per heavy atom. The van der Waals surface area contributed by atoms with Crippen molar-refractivity contribution in [1.29, 1.82) is 0 Å². The Morgan fingerprint density at radius 2 is 1.50 bits per heavy atom. The molecule has 0 aromatic carbocycles. The molecule has 0 unspecified atom stereocenters. The van der Waals surface area contributed by atoms with Crippen molar-refractivity contribution >= 4 is 12.6 Å². The highest BCUT2D eigenvalue weighted by Crippen LogP contribution is 2.25. The predicted molar refractivity (Wildman–Crippen MR) is 37.6 cm³/mol. The summed E-state index contributed by atoms with van der Waals surface area (Å²) in [5.74, 6) is 0.313. The van der Waals surface area contributed by atoms with Crippen molar-refractivity contribution < 1.29 is 9.59 Å². The highest BCUT2D eigenvalue weighted by atomic mass is 16.1. The molecule has 1 rings (SSSR count). The molecule has 1 aliphatic carbocycles. The molecule has 1 aliphatic rings. The van der Waals surface area contributed by atoms with E-state index in [0.717, 1.165) is 38.3 Å². The second kappa shape index (κ2) is 3.49. The normalized spacial score (nSPS) is 33.2. The molecule has 0 aliphatic heterocycles. The minimum absolute atomic E-state index is 0.156. The summed E-state index contributed by atoms with van der Waals surface area (Å²) in [5, 5.41) is 0. The average Bonchev–Trinajstić information content (AvgIpc) is 2.05. The molecule has 0 radical (unpaired) electrons. The fourth-order valence-corrected chi connectivity index (χ4v) is 1.51. The van der Waals surface area contributed by atoms with E-state index < -0.39 is 0 Å². The first kappa shape index (κ1) is 7.45. The van der Waals surface area contributed by atoms with Crippen molar-refractivity contribution in [2.75, 3.05) is 0 Å². The first-order chi connectivity index (χ1) is 4.86. The van der Waals surface area contributed by atoms with Crippen molar-refractivity contribution in [3.63, 3.8) is 0 Å². The van der Waals surface area contributed by atoms with Gasteiger partial charge in [-0.3, -0.25) is 0 Å². The maximum atomic E-state index is 10.3. The van der Waals surface area contributed by atoms with Crippen molar-refractivity contribution in [2.45, 2.75) is 25.7 Å². The number of rotatable bonds is 2. The van der Waals surface area contributed by atoms with E-state index in [1.54, 1.807) is 0 Å². The molecule has 56 valence electrons. The number of hydrogen-bond acceptors (Lipinski definition) is 2. The summed E-state index contributed by atoms with van der Waals surface area (Å²) in [6, 6.07) is 0. The zero-order chi connectivity index (χ0) is 7.40. The Balaban J connectivity index is 2.38. The molecule has 10 heavy (non-hydrogen) atoms. The van der Waals surface area contributed by atoms with E-state index in [1.807, 2.05) is 0 Å². The lowest BCUT2D eigenvalue weighted by Gasteiger charge is -2.20. The van der Waals surface area contributed by atoms with Gasteiger partial charge in [-0.15, -0.1) is 0 Å². The van der Waals surface area contributed by atoms with Crippen LogP contribution in [0.3, 0.4) is 0 Å². The fraction of sp³-hybridized carbons (Fsp3) is 0.750. The zero-order valence-electron chi connectivity index (χ0n) is 5.95. The van der Waals surface area contributed by atoms with Gasteiger partial charge in [-0.2, -0.15) is 0 Å². The van der Waals surface area contributed by atoms with Gasteiger partial charge in [0.05, 0.1) is 0 Å². The van der Waals surface area contributed by atoms with Crippen LogP contribution in [0.2, 0.25) is 0 Å². The Morgan fingerprint density at radius 3 is 1.90 bits per heavy atom. The first-order valence-corrected chi connectivity index (χ1v) is 3.77. The smallest absolute Gasteiger partial charge is 0.123 e. The van der Waals surface area contributed by atoms with E-state index >= 15 is 0 Å². The molecule has 0 N–H and O–H groups in total. The van der Waals surface area contributed by atoms with Crippen LogP contribution in [0, 0.1) is 11.8 Å². The largest absolute Gasteiger partial charge is 0.303 e. The molecule has 0 spiro atoms. The van der Waals surface area contributed by atoms with Crippen LogP contribution in [0.15, 0.2) is 0 Å². The van der Waals surface area contributed by atoms with Crippen molar-refractivity contribution in [2.24, 2.45) is 11.8 Å². The van der Waals surface area contributed by atoms with Gasteiger partial charge in [0.25, 0.3) is 0 Å². The maximum absolute atomic E-state index is 10.3. The Kier molecular flexibility index (Phi) is 2.60. The van der Waals surface area contributed by atoms with Crippen molar-refractivity contribution in [1.82, 2.24) is 0 Å². The van der Waals surface area contributed by atoms with Gasteiger partial charge in [0.1, 0.15) is 12.6 Å². The van der Waals surface area contributed by atoms with Crippen LogP contribution in [0.5, 0.6) is 0 Å². The third-order valence-corrected chi connectivity index (χ3v) is 2.14. The summed E-state index contributed by atoms with van der Waals surface area (Å²) >= 11 is 0. The van der Waals surface area contributed by atoms with E-state index in [0.29, 0.717) is 0 Å². The molecule has 0 amide bonds. The molecule has 1 fully saturated rings. The molecule has 0 heterocycles. The molecule has 0 aromatic rings. The lowest BCUT2D eigenvalue weighted by atomic mass is 9.83. The Hall–Kier alpha value is -0.660. The molecule has 2 atom stereocenters. The summed E-state index contributed by atoms with van der Waals surface area (Å²) < 4.78 is 0. The standard InChI is InChI=1S/C8H12O2/c9-5-7-2-1-3-8(4-7)6-10/h5-8H,1-4H2/t7-,8-/m0/s1. The quantitative estimate of drug-likeness (QED) is 0.540. The van der Waals surface area contributed by atoms with E-state index in [-0.39, 0.29) is 11.8 Å². The maximum Gasteiger partial charge on any atom is 0.123 e. The minimum atomic E-state index is 0.156. The van der Waals surface area contributed by atoms with Gasteiger partial charge in [-0.1, -0.05) is 6.42 Å². The van der Waals surface area contributed by atoms with Crippen molar-refractivity contribution in [3.8, 4) is 0 Å². The van der Waals surface area contributed by atoms with E-state index in [2.05, 4.69) is 0 Å². The third kappa shape index (κ3) is 1.66. The van der Waals surface area contributed by atoms with Gasteiger partial charge >= 0.3 is 0 Å². The number of hydrogen-bond donors (Lipinski definition) is 0. The second-order valence-corrected chi connectivity index (χ2v) is 2.96. The monoisotopic (exact) mass is 140 g/mol. The average molecular weight is 140 g/mol. The minimum Gasteiger partial charge on any atom is -0.303 e. The third-order valence-electron chi connectivity index (χ3n) is 2.14. The highest BCUT2D eigenvalue weighted by Gasteiger charge is 2.20. The van der Waals surface area contributed by atoms with E-state index in [9.17, 15) is 9.59 Å². The number of carbonyl (C=O) groups excluding carboxylic acids is 2. The lowest BCUT2D eigenvalue weighted by molar-refractivity contribution is -0.115. The van der Waals surface area contributed by atoms with Gasteiger partial charge in [0.15, 0.2) is 0 Å². The van der Waals surface area contributed by atoms with Crippen LogP contribution >= 0.6 is 0 Å². The van der Waals surface area contributed by atoms with Crippen LogP contribution in [-0.2, 0) is 9.59 Å². The van der Waals surface area contributed by atoms with Crippen LogP contribution in [0.1, 0.15) is 25.7 Å². The van der Waals surface area contributed by atoms with Crippen LogP contribution in [-0.4, -0.2) is 12.6 Å². The summed E-state index contributed by atoms with van der Waals surface area (Å²) in [5.41, 5.74) is 0. The van der Waals surface area contributed by atoms with Crippen LogP contribution in [0.4, 0.5) is 0 Å². The summed E-state index contributed by atoms with van der Waals surface area (Å²) in [6.45, 7) is 0. The molecular weight excluding hydrogens is 128 g/mol. The highest BCUT2D eigenvalue weighted by molar-refractivity contribution is 5.58. The molecule has 2 heteroatoms. The van der Waals surface area contributed by atoms with Gasteiger partial charge in [-0.05, 0) is 19.3 Å². The first-order valence-electron chi connectivity index (χ1n) is 3.77. The van der Waals surface area contributed by atoms with E-state index in [1.165, 1.54) is 0 Å². The number of aldehydes is 2. The predicted octanol–water partition coefficient (Wildman–Crippen LogP) is 1.19. The Labute approximate surface area is 60.6 Å². The summed E-state index contributed by atoms with van der Waals surface area (Å²) in [6.07, 6.45) is 5.74. The topological polar surface area (TPSA) is 34.1 Å². The second-order valence-electron chi connectivity index (χ2n) is 2.96. The molecule has 1 saturated carbocycles. The summed E-state index contributed by atoms with van der Waals surface area (Å²) in [4.78, 5) is 20.6. The summed E-state index contributed by atoms with van der Waals surface area (Å²) in [7, 11) is 0. The zero-order valence-corrected chi connectivity index (χ0v) is 5.95. The molecule has 0 bridgehead atoms.